The SMILES string of the molecule is CC(C)(C)OC(=O)NS(=O)(=O)N1CCC2(CC1)CC(=O)c1ccc(Br)cc1O2. The molecule has 0 bridgehead atoms. The van der Waals surface area contributed by atoms with Gasteiger partial charge in [0.2, 0.25) is 0 Å². The summed E-state index contributed by atoms with van der Waals surface area (Å²) >= 11 is 3.37. The third-order valence-corrected chi connectivity index (χ3v) is 6.60. The van der Waals surface area contributed by atoms with Crippen molar-refractivity contribution in [3.8, 4) is 5.75 Å². The molecule has 1 saturated heterocycles. The number of benzene rings is 1. The Balaban J connectivity index is 1.67. The first-order chi connectivity index (χ1) is 12.9. The summed E-state index contributed by atoms with van der Waals surface area (Å²) < 4.78 is 40.0. The first-order valence-corrected chi connectivity index (χ1v) is 11.2. The maximum absolute atomic E-state index is 12.5. The zero-order valence-corrected chi connectivity index (χ0v) is 18.4. The van der Waals surface area contributed by atoms with E-state index in [2.05, 4.69) is 15.9 Å². The van der Waals surface area contributed by atoms with Crippen molar-refractivity contribution in [3.05, 3.63) is 28.2 Å². The molecular formula is C18H23BrN2O6S. The minimum absolute atomic E-state index is 0.0167. The van der Waals surface area contributed by atoms with Gasteiger partial charge in [-0.1, -0.05) is 15.9 Å². The molecule has 0 unspecified atom stereocenters. The number of halogens is 1. The van der Waals surface area contributed by atoms with E-state index in [-0.39, 0.29) is 25.3 Å². The molecular weight excluding hydrogens is 452 g/mol. The highest BCUT2D eigenvalue weighted by Gasteiger charge is 2.45. The fourth-order valence-corrected chi connectivity index (χ4v) is 4.73. The predicted octanol–water partition coefficient (Wildman–Crippen LogP) is 3.02. The number of hydrogen-bond donors (Lipinski definition) is 1. The Kier molecular flexibility index (Phi) is 5.50. The fourth-order valence-electron chi connectivity index (χ4n) is 3.35. The minimum Gasteiger partial charge on any atom is -0.486 e. The van der Waals surface area contributed by atoms with Crippen molar-refractivity contribution in [2.45, 2.75) is 51.2 Å². The van der Waals surface area contributed by atoms with Crippen LogP contribution >= 0.6 is 15.9 Å². The smallest absolute Gasteiger partial charge is 0.422 e. The van der Waals surface area contributed by atoms with Gasteiger partial charge in [0, 0.05) is 30.4 Å². The van der Waals surface area contributed by atoms with Crippen molar-refractivity contribution in [1.29, 1.82) is 0 Å². The van der Waals surface area contributed by atoms with E-state index in [9.17, 15) is 18.0 Å². The third kappa shape index (κ3) is 4.66. The summed E-state index contributed by atoms with van der Waals surface area (Å²) in [5.41, 5.74) is -0.998. The number of ketones is 1. The van der Waals surface area contributed by atoms with Crippen LogP contribution in [0.25, 0.3) is 0 Å². The van der Waals surface area contributed by atoms with E-state index in [1.807, 2.05) is 4.72 Å². The van der Waals surface area contributed by atoms with Crippen molar-refractivity contribution < 1.29 is 27.5 Å². The lowest BCUT2D eigenvalue weighted by Crippen LogP contribution is -2.55. The number of rotatable bonds is 2. The Morgan fingerprint density at radius 1 is 1.29 bits per heavy atom. The van der Waals surface area contributed by atoms with E-state index in [4.69, 9.17) is 9.47 Å². The average molecular weight is 475 g/mol. The molecule has 2 aliphatic rings. The molecule has 8 nitrogen and oxygen atoms in total. The number of carbonyl (C=O) groups excluding carboxylic acids is 2. The van der Waals surface area contributed by atoms with Crippen LogP contribution in [0.5, 0.6) is 5.75 Å². The summed E-state index contributed by atoms with van der Waals surface area (Å²) in [6.45, 7) is 5.22. The van der Waals surface area contributed by atoms with Crippen LogP contribution in [0.2, 0.25) is 0 Å². The molecule has 1 amide bonds. The highest BCUT2D eigenvalue weighted by Crippen LogP contribution is 2.40. The number of nitrogens with one attached hydrogen (secondary N) is 1. The molecule has 0 aliphatic carbocycles. The molecule has 0 atom stereocenters. The maximum atomic E-state index is 12.5. The van der Waals surface area contributed by atoms with E-state index in [0.717, 1.165) is 4.47 Å². The maximum Gasteiger partial charge on any atom is 0.422 e. The lowest BCUT2D eigenvalue weighted by Gasteiger charge is -2.43. The molecule has 10 heteroatoms. The zero-order chi connectivity index (χ0) is 20.7. The summed E-state index contributed by atoms with van der Waals surface area (Å²) in [6, 6.07) is 5.26. The van der Waals surface area contributed by atoms with Crippen LogP contribution in [0, 0.1) is 0 Å². The van der Waals surface area contributed by atoms with Gasteiger partial charge in [0.25, 0.3) is 0 Å². The van der Waals surface area contributed by atoms with E-state index in [1.165, 1.54) is 4.31 Å². The molecule has 0 saturated carbocycles. The summed E-state index contributed by atoms with van der Waals surface area (Å²) in [7, 11) is -4.03. The second-order valence-electron chi connectivity index (χ2n) is 8.03. The molecule has 1 aromatic rings. The van der Waals surface area contributed by atoms with E-state index in [0.29, 0.717) is 24.2 Å². The van der Waals surface area contributed by atoms with Crippen LogP contribution < -0.4 is 9.46 Å². The van der Waals surface area contributed by atoms with E-state index in [1.54, 1.807) is 39.0 Å². The van der Waals surface area contributed by atoms with Gasteiger partial charge in [-0.25, -0.2) is 9.52 Å². The molecule has 1 spiro atoms. The molecule has 3 rings (SSSR count). The van der Waals surface area contributed by atoms with Gasteiger partial charge >= 0.3 is 16.3 Å². The number of amides is 1. The lowest BCUT2D eigenvalue weighted by molar-refractivity contribution is 0.00566. The summed E-state index contributed by atoms with van der Waals surface area (Å²) in [6.07, 6.45) is -0.120. The van der Waals surface area contributed by atoms with Gasteiger partial charge in [0.05, 0.1) is 12.0 Å². The topological polar surface area (TPSA) is 102 Å². The summed E-state index contributed by atoms with van der Waals surface area (Å²) in [5.74, 6) is 0.491. The number of hydrogen-bond acceptors (Lipinski definition) is 6. The first kappa shape index (κ1) is 21.1. The van der Waals surface area contributed by atoms with Crippen molar-refractivity contribution >= 4 is 38.0 Å². The van der Waals surface area contributed by atoms with Gasteiger partial charge in [-0.3, -0.25) is 4.79 Å². The van der Waals surface area contributed by atoms with Crippen LogP contribution in [0.1, 0.15) is 50.4 Å². The monoisotopic (exact) mass is 474 g/mol. The van der Waals surface area contributed by atoms with Crippen molar-refractivity contribution in [1.82, 2.24) is 9.03 Å². The van der Waals surface area contributed by atoms with Gasteiger partial charge in [0.15, 0.2) is 5.78 Å². The average Bonchev–Trinajstić information content (AvgIpc) is 2.52. The normalized spacial score (nSPS) is 19.6. The third-order valence-electron chi connectivity index (χ3n) is 4.64. The second-order valence-corrected chi connectivity index (χ2v) is 10.6. The number of fused-ring (bicyclic) bond motifs is 1. The molecule has 1 aromatic carbocycles. The van der Waals surface area contributed by atoms with Crippen LogP contribution in [0.4, 0.5) is 4.79 Å². The Labute approximate surface area is 172 Å². The number of piperidine rings is 1. The van der Waals surface area contributed by atoms with Gasteiger partial charge in [0.1, 0.15) is 17.0 Å². The quantitative estimate of drug-likeness (QED) is 0.706. The summed E-state index contributed by atoms with van der Waals surface area (Å²) in [4.78, 5) is 24.3. The largest absolute Gasteiger partial charge is 0.486 e. The Morgan fingerprint density at radius 2 is 1.93 bits per heavy atom. The van der Waals surface area contributed by atoms with E-state index >= 15 is 0 Å². The molecule has 2 heterocycles. The highest BCUT2D eigenvalue weighted by molar-refractivity contribution is 9.10. The molecule has 2 aliphatic heterocycles. The Bertz CT molecular complexity index is 901. The van der Waals surface area contributed by atoms with Gasteiger partial charge in [-0.2, -0.15) is 12.7 Å². The zero-order valence-electron chi connectivity index (χ0n) is 16.0. The van der Waals surface area contributed by atoms with Crippen molar-refractivity contribution in [2.24, 2.45) is 0 Å². The molecule has 28 heavy (non-hydrogen) atoms. The van der Waals surface area contributed by atoms with Gasteiger partial charge < -0.3 is 9.47 Å². The van der Waals surface area contributed by atoms with E-state index < -0.39 is 27.5 Å². The lowest BCUT2D eigenvalue weighted by atomic mass is 9.83. The molecule has 0 radical (unpaired) electrons. The number of nitrogens with zero attached hydrogens (tertiary/aromatic N) is 1. The molecule has 1 N–H and O–H groups in total. The number of carbonyl (C=O) groups is 2. The van der Waals surface area contributed by atoms with Crippen molar-refractivity contribution in [2.75, 3.05) is 13.1 Å². The minimum atomic E-state index is -4.03. The van der Waals surface area contributed by atoms with Gasteiger partial charge in [-0.05, 0) is 39.0 Å². The van der Waals surface area contributed by atoms with Crippen LogP contribution in [0.15, 0.2) is 22.7 Å². The predicted molar refractivity (Wildman–Crippen MR) is 106 cm³/mol. The van der Waals surface area contributed by atoms with Crippen molar-refractivity contribution in [3.63, 3.8) is 0 Å². The first-order valence-electron chi connectivity index (χ1n) is 8.92. The summed E-state index contributed by atoms with van der Waals surface area (Å²) in [5, 5.41) is 0. The standard InChI is InChI=1S/C18H23BrN2O6S/c1-17(2,3)27-16(23)20-28(24,25)21-8-6-18(7-9-21)11-14(22)13-5-4-12(19)10-15(13)26-18/h4-5,10H,6-9,11H2,1-3H3,(H,20,23). The molecule has 154 valence electrons. The number of Topliss-reactive ketones (excluding diaryl/α,β-unsaturated/α-hetero) is 1. The highest BCUT2D eigenvalue weighted by atomic mass is 79.9. The molecule has 0 aromatic heterocycles. The van der Waals surface area contributed by atoms with Crippen LogP contribution in [-0.2, 0) is 14.9 Å². The van der Waals surface area contributed by atoms with Crippen LogP contribution in [-0.4, -0.2) is 48.9 Å². The fraction of sp³-hybridized carbons (Fsp3) is 0.556. The second kappa shape index (κ2) is 7.31. The van der Waals surface area contributed by atoms with Crippen LogP contribution in [0.3, 0.4) is 0 Å². The molecule has 1 fully saturated rings. The van der Waals surface area contributed by atoms with Gasteiger partial charge in [-0.15, -0.1) is 0 Å². The Morgan fingerprint density at radius 3 is 2.54 bits per heavy atom. The Hall–Kier alpha value is -1.65. The number of ether oxygens (including phenoxy) is 2.